The number of para-hydroxylation sites is 1. The number of hydrogen-bond donors (Lipinski definition) is 1. The van der Waals surface area contributed by atoms with E-state index in [4.69, 9.17) is 9.26 Å². The molecular weight excluding hydrogens is 338 g/mol. The lowest BCUT2D eigenvalue weighted by Gasteiger charge is -2.07. The summed E-state index contributed by atoms with van der Waals surface area (Å²) < 4.78 is 37.2. The molecule has 0 aliphatic rings. The van der Waals surface area contributed by atoms with Crippen LogP contribution in [-0.2, 0) is 10.0 Å². The van der Waals surface area contributed by atoms with E-state index in [1.54, 1.807) is 24.3 Å². The summed E-state index contributed by atoms with van der Waals surface area (Å²) in [7, 11) is -2.92. The monoisotopic (exact) mass is 349 g/mol. The minimum atomic E-state index is -4.25. The van der Waals surface area contributed by atoms with Crippen LogP contribution in [-0.4, -0.2) is 25.6 Å². The zero-order chi connectivity index (χ0) is 17.3. The van der Waals surface area contributed by atoms with Crippen molar-refractivity contribution in [2.45, 2.75) is 4.90 Å². The molecule has 3 aromatic rings. The number of nitro benzene ring substituents is 1. The standard InChI is InChI=1S/C14H11N3O6S/c1-22-9-6-7-13(11(8-9)17(18)19)24(20,21)16-14-10-4-2-3-5-12(10)23-15-14/h2-8H,1H3,(H,15,16). The van der Waals surface area contributed by atoms with Crippen LogP contribution in [0.15, 0.2) is 51.9 Å². The number of fused-ring (bicyclic) bond motifs is 1. The van der Waals surface area contributed by atoms with Crippen LogP contribution in [0.25, 0.3) is 11.0 Å². The van der Waals surface area contributed by atoms with Crippen molar-refractivity contribution in [1.82, 2.24) is 5.16 Å². The first-order valence-electron chi connectivity index (χ1n) is 6.62. The van der Waals surface area contributed by atoms with E-state index in [2.05, 4.69) is 9.88 Å². The average molecular weight is 349 g/mol. The number of benzene rings is 2. The Balaban J connectivity index is 2.06. The number of sulfonamides is 1. The third kappa shape index (κ3) is 2.74. The van der Waals surface area contributed by atoms with E-state index in [1.807, 2.05) is 0 Å². The highest BCUT2D eigenvalue weighted by molar-refractivity contribution is 7.92. The Labute approximate surface area is 136 Å². The zero-order valence-corrected chi connectivity index (χ0v) is 13.1. The summed E-state index contributed by atoms with van der Waals surface area (Å²) in [6.45, 7) is 0. The molecule has 3 rings (SSSR count). The van der Waals surface area contributed by atoms with Crippen LogP contribution in [0.2, 0.25) is 0 Å². The van der Waals surface area contributed by atoms with E-state index in [0.717, 1.165) is 12.1 Å². The first kappa shape index (κ1) is 15.7. The number of anilines is 1. The molecule has 0 aliphatic heterocycles. The van der Waals surface area contributed by atoms with Gasteiger partial charge in [0.15, 0.2) is 16.3 Å². The number of ether oxygens (including phenoxy) is 1. The Morgan fingerprint density at radius 3 is 2.71 bits per heavy atom. The Morgan fingerprint density at radius 2 is 2.00 bits per heavy atom. The molecule has 0 saturated carbocycles. The van der Waals surface area contributed by atoms with Gasteiger partial charge in [-0.3, -0.25) is 14.8 Å². The molecule has 0 amide bonds. The average Bonchev–Trinajstić information content (AvgIpc) is 2.97. The lowest BCUT2D eigenvalue weighted by molar-refractivity contribution is -0.387. The molecule has 0 atom stereocenters. The Kier molecular flexibility index (Phi) is 3.81. The highest BCUT2D eigenvalue weighted by atomic mass is 32.2. The van der Waals surface area contributed by atoms with Gasteiger partial charge >= 0.3 is 0 Å². The Hall–Kier alpha value is -3.14. The minimum absolute atomic E-state index is 0.0456. The van der Waals surface area contributed by atoms with Crippen LogP contribution in [0.4, 0.5) is 11.5 Å². The number of nitrogens with one attached hydrogen (secondary N) is 1. The summed E-state index contributed by atoms with van der Waals surface area (Å²) in [5.74, 6) is 0.128. The Morgan fingerprint density at radius 1 is 1.25 bits per heavy atom. The first-order chi connectivity index (χ1) is 11.4. The molecule has 0 unspecified atom stereocenters. The summed E-state index contributed by atoms with van der Waals surface area (Å²) >= 11 is 0. The summed E-state index contributed by atoms with van der Waals surface area (Å²) in [5, 5.41) is 15.3. The summed E-state index contributed by atoms with van der Waals surface area (Å²) in [4.78, 5) is 9.88. The van der Waals surface area contributed by atoms with Crippen LogP contribution in [0.5, 0.6) is 5.75 Å². The quantitative estimate of drug-likeness (QED) is 0.554. The summed E-state index contributed by atoms with van der Waals surface area (Å²) in [5.41, 5.74) is -0.214. The van der Waals surface area contributed by atoms with Crippen molar-refractivity contribution in [1.29, 1.82) is 0 Å². The number of aromatic nitrogens is 1. The second-order valence-electron chi connectivity index (χ2n) is 4.72. The van der Waals surface area contributed by atoms with Crippen molar-refractivity contribution in [2.24, 2.45) is 0 Å². The fourth-order valence-electron chi connectivity index (χ4n) is 2.14. The van der Waals surface area contributed by atoms with E-state index in [9.17, 15) is 18.5 Å². The van der Waals surface area contributed by atoms with Gasteiger partial charge in [0.05, 0.1) is 23.5 Å². The van der Waals surface area contributed by atoms with Gasteiger partial charge in [-0.25, -0.2) is 8.42 Å². The van der Waals surface area contributed by atoms with Gasteiger partial charge in [0.25, 0.3) is 15.7 Å². The maximum Gasteiger partial charge on any atom is 0.293 e. The van der Waals surface area contributed by atoms with Gasteiger partial charge in [0, 0.05) is 0 Å². The van der Waals surface area contributed by atoms with E-state index in [0.29, 0.717) is 11.0 Å². The highest BCUT2D eigenvalue weighted by Gasteiger charge is 2.28. The predicted octanol–water partition coefficient (Wildman–Crippen LogP) is 2.55. The largest absolute Gasteiger partial charge is 0.497 e. The number of nitro groups is 1. The molecule has 0 radical (unpaired) electrons. The molecule has 124 valence electrons. The number of rotatable bonds is 5. The van der Waals surface area contributed by atoms with Crippen LogP contribution in [0.1, 0.15) is 0 Å². The second-order valence-corrected chi connectivity index (χ2v) is 6.37. The molecule has 1 heterocycles. The fourth-order valence-corrected chi connectivity index (χ4v) is 3.30. The SMILES string of the molecule is COc1ccc(S(=O)(=O)Nc2noc3ccccc23)c([N+](=O)[O-])c1. The van der Waals surface area contributed by atoms with Crippen molar-refractivity contribution in [2.75, 3.05) is 11.8 Å². The van der Waals surface area contributed by atoms with E-state index in [-0.39, 0.29) is 11.6 Å². The van der Waals surface area contributed by atoms with Crippen molar-refractivity contribution >= 4 is 32.5 Å². The van der Waals surface area contributed by atoms with Gasteiger partial charge in [-0.15, -0.1) is 0 Å². The fraction of sp³-hybridized carbons (Fsp3) is 0.0714. The van der Waals surface area contributed by atoms with Crippen LogP contribution < -0.4 is 9.46 Å². The molecule has 0 fully saturated rings. The van der Waals surface area contributed by atoms with Crippen LogP contribution >= 0.6 is 0 Å². The molecule has 10 heteroatoms. The van der Waals surface area contributed by atoms with Crippen LogP contribution in [0, 0.1) is 10.1 Å². The summed E-state index contributed by atoms with van der Waals surface area (Å²) in [6, 6.07) is 10.1. The van der Waals surface area contributed by atoms with Gasteiger partial charge < -0.3 is 9.26 Å². The number of methoxy groups -OCH3 is 1. The zero-order valence-electron chi connectivity index (χ0n) is 12.3. The molecule has 2 aromatic carbocycles. The third-order valence-electron chi connectivity index (χ3n) is 3.26. The topological polar surface area (TPSA) is 125 Å². The van der Waals surface area contributed by atoms with E-state index in [1.165, 1.54) is 13.2 Å². The molecule has 24 heavy (non-hydrogen) atoms. The first-order valence-corrected chi connectivity index (χ1v) is 8.10. The van der Waals surface area contributed by atoms with Gasteiger partial charge in [0.2, 0.25) is 0 Å². The maximum atomic E-state index is 12.5. The van der Waals surface area contributed by atoms with Crippen molar-refractivity contribution in [3.63, 3.8) is 0 Å². The maximum absolute atomic E-state index is 12.5. The normalized spacial score (nSPS) is 11.4. The van der Waals surface area contributed by atoms with Gasteiger partial charge in [-0.1, -0.05) is 17.3 Å². The highest BCUT2D eigenvalue weighted by Crippen LogP contribution is 2.31. The summed E-state index contributed by atoms with van der Waals surface area (Å²) in [6.07, 6.45) is 0. The van der Waals surface area contributed by atoms with Crippen molar-refractivity contribution < 1.29 is 22.6 Å². The molecule has 0 bridgehead atoms. The molecule has 0 saturated heterocycles. The van der Waals surface area contributed by atoms with Gasteiger partial charge in [-0.2, -0.15) is 0 Å². The van der Waals surface area contributed by atoms with E-state index < -0.39 is 25.5 Å². The molecule has 1 aromatic heterocycles. The number of hydrogen-bond acceptors (Lipinski definition) is 7. The van der Waals surface area contributed by atoms with Crippen molar-refractivity contribution in [3.05, 3.63) is 52.6 Å². The van der Waals surface area contributed by atoms with Gasteiger partial charge in [-0.05, 0) is 24.3 Å². The third-order valence-corrected chi connectivity index (χ3v) is 4.65. The molecule has 1 N–H and O–H groups in total. The molecular formula is C14H11N3O6S. The molecule has 9 nitrogen and oxygen atoms in total. The number of nitrogens with zero attached hydrogens (tertiary/aromatic N) is 2. The van der Waals surface area contributed by atoms with E-state index >= 15 is 0 Å². The smallest absolute Gasteiger partial charge is 0.293 e. The predicted molar refractivity (Wildman–Crippen MR) is 84.5 cm³/mol. The van der Waals surface area contributed by atoms with Crippen LogP contribution in [0.3, 0.4) is 0 Å². The second kappa shape index (κ2) is 5.81. The lowest BCUT2D eigenvalue weighted by Crippen LogP contribution is -2.15. The lowest BCUT2D eigenvalue weighted by atomic mass is 10.2. The molecule has 0 spiro atoms. The van der Waals surface area contributed by atoms with Gasteiger partial charge in [0.1, 0.15) is 5.75 Å². The molecule has 0 aliphatic carbocycles. The van der Waals surface area contributed by atoms with Crippen molar-refractivity contribution in [3.8, 4) is 5.75 Å². The minimum Gasteiger partial charge on any atom is -0.497 e. The Bertz CT molecular complexity index is 1030.